The fourth-order valence-corrected chi connectivity index (χ4v) is 5.52. The fraction of sp³-hybridized carbons (Fsp3) is 0.273. The van der Waals surface area contributed by atoms with Crippen molar-refractivity contribution in [2.75, 3.05) is 6.54 Å². The molecule has 0 radical (unpaired) electrons. The molecule has 2 heterocycles. The molecule has 0 aromatic carbocycles. The lowest BCUT2D eigenvalue weighted by atomic mass is 10.2. The molecule has 0 bridgehead atoms. The van der Waals surface area contributed by atoms with E-state index < -0.39 is 10.0 Å². The van der Waals surface area contributed by atoms with Crippen LogP contribution in [0.5, 0.6) is 0 Å². The SMILES string of the molecule is O=S(=O)(NCCc1csc(CO)c1)c1cc(Cl)sc1Cl. The molecular weight excluding hydrogens is 361 g/mol. The van der Waals surface area contributed by atoms with Gasteiger partial charge in [0.2, 0.25) is 10.0 Å². The molecular formula is C11H11Cl2NO3S3. The summed E-state index contributed by atoms with van der Waals surface area (Å²) < 4.78 is 27.0. The first-order chi connectivity index (χ1) is 9.42. The summed E-state index contributed by atoms with van der Waals surface area (Å²) in [6, 6.07) is 3.19. The van der Waals surface area contributed by atoms with Gasteiger partial charge in [-0.15, -0.1) is 22.7 Å². The standard InChI is InChI=1S/C11H11Cl2NO3S3/c12-10-4-9(11(13)19-10)20(16,17)14-2-1-7-3-8(5-15)18-6-7/h3-4,6,14-15H,1-2,5H2. The van der Waals surface area contributed by atoms with Crippen LogP contribution in [0.25, 0.3) is 0 Å². The molecule has 0 aliphatic heterocycles. The first kappa shape index (κ1) is 16.2. The van der Waals surface area contributed by atoms with Crippen molar-refractivity contribution in [2.45, 2.75) is 17.9 Å². The van der Waals surface area contributed by atoms with Crippen molar-refractivity contribution < 1.29 is 13.5 Å². The van der Waals surface area contributed by atoms with Gasteiger partial charge in [0.1, 0.15) is 9.23 Å². The Labute approximate surface area is 135 Å². The van der Waals surface area contributed by atoms with E-state index in [9.17, 15) is 8.42 Å². The molecule has 110 valence electrons. The molecule has 0 unspecified atom stereocenters. The van der Waals surface area contributed by atoms with Crippen LogP contribution in [0.1, 0.15) is 10.4 Å². The smallest absolute Gasteiger partial charge is 0.242 e. The Balaban J connectivity index is 1.97. The van der Waals surface area contributed by atoms with Gasteiger partial charge in [0.15, 0.2) is 0 Å². The van der Waals surface area contributed by atoms with E-state index in [2.05, 4.69) is 4.72 Å². The zero-order chi connectivity index (χ0) is 14.8. The maximum Gasteiger partial charge on any atom is 0.242 e. The third-order valence-electron chi connectivity index (χ3n) is 2.48. The van der Waals surface area contributed by atoms with Gasteiger partial charge in [-0.1, -0.05) is 23.2 Å². The molecule has 0 fully saturated rings. The highest BCUT2D eigenvalue weighted by Crippen LogP contribution is 2.34. The van der Waals surface area contributed by atoms with Gasteiger partial charge in [-0.2, -0.15) is 0 Å². The number of thiophene rings is 2. The molecule has 4 nitrogen and oxygen atoms in total. The van der Waals surface area contributed by atoms with Crippen LogP contribution in [0.4, 0.5) is 0 Å². The zero-order valence-corrected chi connectivity index (χ0v) is 14.1. The van der Waals surface area contributed by atoms with Crippen molar-refractivity contribution in [1.82, 2.24) is 4.72 Å². The van der Waals surface area contributed by atoms with E-state index in [-0.39, 0.29) is 22.4 Å². The predicted molar refractivity (Wildman–Crippen MR) is 83.5 cm³/mol. The van der Waals surface area contributed by atoms with Crippen LogP contribution in [0, 0.1) is 0 Å². The molecule has 9 heteroatoms. The normalized spacial score (nSPS) is 11.9. The van der Waals surface area contributed by atoms with Crippen LogP contribution in [0.15, 0.2) is 22.4 Å². The van der Waals surface area contributed by atoms with Crippen molar-refractivity contribution in [2.24, 2.45) is 0 Å². The third-order valence-corrected chi connectivity index (χ3v) is 6.67. The Morgan fingerprint density at radius 2 is 2.05 bits per heavy atom. The summed E-state index contributed by atoms with van der Waals surface area (Å²) in [6.07, 6.45) is 0.547. The average molecular weight is 372 g/mol. The summed E-state index contributed by atoms with van der Waals surface area (Å²) in [5, 5.41) is 10.9. The lowest BCUT2D eigenvalue weighted by molar-refractivity contribution is 0.285. The Hall–Kier alpha value is -0.150. The highest BCUT2D eigenvalue weighted by Gasteiger charge is 2.20. The number of hydrogen-bond donors (Lipinski definition) is 2. The molecule has 0 saturated heterocycles. The minimum absolute atomic E-state index is 0.000591. The summed E-state index contributed by atoms with van der Waals surface area (Å²) >= 11 is 14.0. The van der Waals surface area contributed by atoms with Crippen molar-refractivity contribution in [3.63, 3.8) is 0 Å². The first-order valence-electron chi connectivity index (χ1n) is 5.54. The van der Waals surface area contributed by atoms with Gasteiger partial charge in [0.25, 0.3) is 0 Å². The van der Waals surface area contributed by atoms with Gasteiger partial charge in [-0.3, -0.25) is 0 Å². The minimum atomic E-state index is -3.64. The van der Waals surface area contributed by atoms with Crippen LogP contribution < -0.4 is 4.72 Å². The zero-order valence-electron chi connectivity index (χ0n) is 10.1. The highest BCUT2D eigenvalue weighted by molar-refractivity contribution is 7.89. The molecule has 20 heavy (non-hydrogen) atoms. The number of halogens is 2. The molecule has 0 amide bonds. The molecule has 2 N–H and O–H groups in total. The summed E-state index contributed by atoms with van der Waals surface area (Å²) in [5.41, 5.74) is 0.983. The molecule has 0 aliphatic rings. The summed E-state index contributed by atoms with van der Waals surface area (Å²) in [4.78, 5) is 0.867. The van der Waals surface area contributed by atoms with E-state index in [0.29, 0.717) is 10.8 Å². The largest absolute Gasteiger partial charge is 0.391 e. The number of sulfonamides is 1. The fourth-order valence-electron chi connectivity index (χ4n) is 1.56. The van der Waals surface area contributed by atoms with Gasteiger partial charge in [0.05, 0.1) is 10.9 Å². The van der Waals surface area contributed by atoms with E-state index in [1.807, 2.05) is 11.4 Å². The Bertz CT molecular complexity index is 694. The average Bonchev–Trinajstić information content (AvgIpc) is 2.96. The van der Waals surface area contributed by atoms with E-state index in [4.69, 9.17) is 28.3 Å². The van der Waals surface area contributed by atoms with E-state index in [1.165, 1.54) is 17.4 Å². The van der Waals surface area contributed by atoms with E-state index in [1.54, 1.807) is 0 Å². The molecule has 0 spiro atoms. The Kier molecular flexibility index (Phi) is 5.47. The van der Waals surface area contributed by atoms with Crippen molar-refractivity contribution >= 4 is 55.9 Å². The third kappa shape index (κ3) is 3.94. The van der Waals surface area contributed by atoms with E-state index in [0.717, 1.165) is 21.8 Å². The first-order valence-corrected chi connectivity index (χ1v) is 9.47. The maximum atomic E-state index is 12.0. The van der Waals surface area contributed by atoms with Crippen molar-refractivity contribution in [3.05, 3.63) is 36.6 Å². The van der Waals surface area contributed by atoms with Crippen LogP contribution in [0.3, 0.4) is 0 Å². The molecule has 2 aromatic rings. The van der Waals surface area contributed by atoms with Crippen LogP contribution in [-0.4, -0.2) is 20.1 Å². The molecule has 2 rings (SSSR count). The number of nitrogens with one attached hydrogen (secondary N) is 1. The van der Waals surface area contributed by atoms with Gasteiger partial charge in [0, 0.05) is 11.4 Å². The summed E-state index contributed by atoms with van der Waals surface area (Å²) in [7, 11) is -3.64. The maximum absolute atomic E-state index is 12.0. The number of aliphatic hydroxyl groups is 1. The molecule has 0 aliphatic carbocycles. The summed E-state index contributed by atoms with van der Waals surface area (Å²) in [5.74, 6) is 0. The number of hydrogen-bond acceptors (Lipinski definition) is 5. The van der Waals surface area contributed by atoms with Crippen molar-refractivity contribution in [1.29, 1.82) is 0 Å². The lowest BCUT2D eigenvalue weighted by Crippen LogP contribution is -2.25. The highest BCUT2D eigenvalue weighted by atomic mass is 35.5. The minimum Gasteiger partial charge on any atom is -0.391 e. The number of aliphatic hydroxyl groups excluding tert-OH is 1. The van der Waals surface area contributed by atoms with Gasteiger partial charge < -0.3 is 5.11 Å². The summed E-state index contributed by atoms with van der Waals surface area (Å²) in [6.45, 7) is 0.257. The second kappa shape index (κ2) is 6.74. The van der Waals surface area contributed by atoms with Crippen LogP contribution in [-0.2, 0) is 23.1 Å². The van der Waals surface area contributed by atoms with Gasteiger partial charge in [-0.05, 0) is 29.5 Å². The topological polar surface area (TPSA) is 66.4 Å². The Morgan fingerprint density at radius 3 is 2.60 bits per heavy atom. The molecule has 2 aromatic heterocycles. The molecule has 0 atom stereocenters. The van der Waals surface area contributed by atoms with Gasteiger partial charge >= 0.3 is 0 Å². The quantitative estimate of drug-likeness (QED) is 0.819. The van der Waals surface area contributed by atoms with Crippen molar-refractivity contribution in [3.8, 4) is 0 Å². The predicted octanol–water partition coefficient (Wildman–Crippen LogP) is 3.13. The second-order valence-corrected chi connectivity index (χ2v) is 8.93. The van der Waals surface area contributed by atoms with Crippen LogP contribution in [0.2, 0.25) is 8.67 Å². The van der Waals surface area contributed by atoms with Gasteiger partial charge in [-0.25, -0.2) is 13.1 Å². The second-order valence-electron chi connectivity index (χ2n) is 3.92. The number of rotatable bonds is 6. The van der Waals surface area contributed by atoms with Crippen LogP contribution >= 0.6 is 45.9 Å². The Morgan fingerprint density at radius 1 is 1.30 bits per heavy atom. The molecule has 0 saturated carbocycles. The lowest BCUT2D eigenvalue weighted by Gasteiger charge is -2.04. The monoisotopic (exact) mass is 371 g/mol. The van der Waals surface area contributed by atoms with E-state index >= 15 is 0 Å².